The lowest BCUT2D eigenvalue weighted by atomic mass is 10.2. The Labute approximate surface area is 240 Å². The number of rotatable bonds is 7. The zero-order valence-electron chi connectivity index (χ0n) is 21.3. The molecule has 1 N–H and O–H groups in total. The Morgan fingerprint density at radius 3 is 2.76 bits per heavy atom. The smallest absolute Gasteiger partial charge is 0.282 e. The summed E-state index contributed by atoms with van der Waals surface area (Å²) in [5.74, 6) is 0.160. The van der Waals surface area contributed by atoms with Gasteiger partial charge in [-0.15, -0.1) is 0 Å². The second kappa shape index (κ2) is 11.2. The highest BCUT2D eigenvalue weighted by Crippen LogP contribution is 2.29. The second-order valence-electron chi connectivity index (χ2n) is 9.03. The van der Waals surface area contributed by atoms with Crippen LogP contribution in [0.5, 0.6) is 5.75 Å². The number of hydrogen-bond donors (Lipinski definition) is 1. The first-order valence-corrected chi connectivity index (χ1v) is 13.3. The van der Waals surface area contributed by atoms with Gasteiger partial charge in [0.25, 0.3) is 11.5 Å². The molecule has 2 heterocycles. The first-order valence-electron chi connectivity index (χ1n) is 12.5. The number of carbonyl (C=O) groups excluding carboxylic acids is 1. The molecule has 0 unspecified atom stereocenters. The largest absolute Gasteiger partial charge is 0.484 e. The van der Waals surface area contributed by atoms with Gasteiger partial charge in [0.15, 0.2) is 12.4 Å². The lowest BCUT2D eigenvalue weighted by Crippen LogP contribution is -2.20. The van der Waals surface area contributed by atoms with Crippen LogP contribution in [0.1, 0.15) is 5.56 Å². The van der Waals surface area contributed by atoms with Crippen LogP contribution in [0.15, 0.2) is 116 Å². The molecule has 2 aromatic heterocycles. The summed E-state index contributed by atoms with van der Waals surface area (Å²) in [6.45, 7) is -0.280. The Balaban J connectivity index is 1.28. The lowest BCUT2D eigenvalue weighted by Gasteiger charge is -2.09. The summed E-state index contributed by atoms with van der Waals surface area (Å²) in [6.07, 6.45) is 1.50. The van der Waals surface area contributed by atoms with Crippen LogP contribution in [0.4, 0.5) is 10.1 Å². The molecule has 0 fully saturated rings. The molecule has 41 heavy (non-hydrogen) atoms. The van der Waals surface area contributed by atoms with Crippen LogP contribution >= 0.6 is 15.9 Å². The molecule has 8 nitrogen and oxygen atoms in total. The molecule has 0 saturated heterocycles. The van der Waals surface area contributed by atoms with E-state index in [4.69, 9.17) is 14.1 Å². The summed E-state index contributed by atoms with van der Waals surface area (Å²) in [5, 5.41) is 8.31. The van der Waals surface area contributed by atoms with Crippen molar-refractivity contribution in [3.05, 3.63) is 123 Å². The first kappa shape index (κ1) is 26.1. The van der Waals surface area contributed by atoms with E-state index in [2.05, 4.69) is 26.3 Å². The van der Waals surface area contributed by atoms with E-state index in [1.165, 1.54) is 29.1 Å². The number of nitrogens with zero attached hydrogens (tertiary/aromatic N) is 3. The molecular formula is C31H20BrFN4O4. The van der Waals surface area contributed by atoms with Crippen molar-refractivity contribution in [2.24, 2.45) is 5.10 Å². The number of amides is 1. The number of hydrogen-bond acceptors (Lipinski definition) is 6. The number of para-hydroxylation sites is 1. The first-order chi connectivity index (χ1) is 19.9. The molecule has 4 aromatic carbocycles. The van der Waals surface area contributed by atoms with Gasteiger partial charge < -0.3 is 14.5 Å². The predicted molar refractivity (Wildman–Crippen MR) is 159 cm³/mol. The van der Waals surface area contributed by atoms with E-state index in [0.29, 0.717) is 39.2 Å². The molecular weight excluding hydrogens is 591 g/mol. The average Bonchev–Trinajstić information content (AvgIpc) is 3.39. The van der Waals surface area contributed by atoms with Gasteiger partial charge in [0, 0.05) is 15.5 Å². The van der Waals surface area contributed by atoms with Crippen LogP contribution in [-0.4, -0.2) is 28.4 Å². The molecule has 0 aliphatic heterocycles. The van der Waals surface area contributed by atoms with E-state index in [1.54, 1.807) is 48.5 Å². The summed E-state index contributed by atoms with van der Waals surface area (Å²) in [7, 11) is 0. The molecule has 0 aliphatic rings. The van der Waals surface area contributed by atoms with Crippen molar-refractivity contribution >= 4 is 55.6 Å². The zero-order chi connectivity index (χ0) is 28.3. The minimum atomic E-state index is -0.451. The molecule has 0 aliphatic carbocycles. The number of fused-ring (bicyclic) bond motifs is 2. The van der Waals surface area contributed by atoms with Crippen molar-refractivity contribution < 1.29 is 18.3 Å². The van der Waals surface area contributed by atoms with Crippen molar-refractivity contribution in [1.82, 2.24) is 9.66 Å². The number of benzene rings is 4. The Bertz CT molecular complexity index is 2020. The predicted octanol–water partition coefficient (Wildman–Crippen LogP) is 6.61. The third-order valence-corrected chi connectivity index (χ3v) is 6.60. The van der Waals surface area contributed by atoms with Crippen LogP contribution in [0, 0.1) is 5.82 Å². The lowest BCUT2D eigenvalue weighted by molar-refractivity contribution is -0.118. The Kier molecular flexibility index (Phi) is 7.13. The van der Waals surface area contributed by atoms with Crippen LogP contribution in [-0.2, 0) is 4.79 Å². The fraction of sp³-hybridized carbons (Fsp3) is 0.0323. The van der Waals surface area contributed by atoms with Crippen molar-refractivity contribution in [2.45, 2.75) is 0 Å². The number of carbonyl (C=O) groups is 1. The van der Waals surface area contributed by atoms with Crippen molar-refractivity contribution in [1.29, 1.82) is 0 Å². The maximum atomic E-state index is 13.5. The second-order valence-corrected chi connectivity index (χ2v) is 9.94. The number of ether oxygens (including phenoxy) is 1. The maximum Gasteiger partial charge on any atom is 0.282 e. The molecule has 0 radical (unpaired) electrons. The molecule has 6 rings (SSSR count). The van der Waals surface area contributed by atoms with Gasteiger partial charge in [-0.2, -0.15) is 9.78 Å². The normalized spacial score (nSPS) is 11.4. The van der Waals surface area contributed by atoms with Crippen molar-refractivity contribution in [2.75, 3.05) is 11.9 Å². The number of aromatic nitrogens is 2. The van der Waals surface area contributed by atoms with E-state index >= 15 is 0 Å². The Morgan fingerprint density at radius 1 is 1.02 bits per heavy atom. The minimum Gasteiger partial charge on any atom is -0.484 e. The molecule has 6 aromatic rings. The summed E-state index contributed by atoms with van der Waals surface area (Å²) >= 11 is 3.47. The van der Waals surface area contributed by atoms with E-state index < -0.39 is 11.7 Å². The molecule has 202 valence electrons. The van der Waals surface area contributed by atoms with Gasteiger partial charge in [-0.1, -0.05) is 46.3 Å². The molecule has 0 spiro atoms. The van der Waals surface area contributed by atoms with Crippen molar-refractivity contribution in [3.8, 4) is 17.3 Å². The fourth-order valence-corrected chi connectivity index (χ4v) is 4.61. The molecule has 0 atom stereocenters. The number of nitrogens with one attached hydrogen (secondary N) is 1. The van der Waals surface area contributed by atoms with Crippen LogP contribution in [0.2, 0.25) is 0 Å². The van der Waals surface area contributed by atoms with Crippen LogP contribution in [0.25, 0.3) is 33.5 Å². The van der Waals surface area contributed by atoms with Gasteiger partial charge in [0.2, 0.25) is 5.82 Å². The van der Waals surface area contributed by atoms with E-state index in [9.17, 15) is 14.0 Å². The number of halogens is 2. The minimum absolute atomic E-state index is 0.249. The fourth-order valence-electron chi connectivity index (χ4n) is 4.24. The molecule has 1 amide bonds. The van der Waals surface area contributed by atoms with Gasteiger partial charge >= 0.3 is 0 Å². The van der Waals surface area contributed by atoms with E-state index in [-0.39, 0.29) is 18.0 Å². The monoisotopic (exact) mass is 610 g/mol. The van der Waals surface area contributed by atoms with Gasteiger partial charge in [0.05, 0.1) is 17.1 Å². The summed E-state index contributed by atoms with van der Waals surface area (Å²) in [5.41, 5.74) is 1.76. The molecule has 0 bridgehead atoms. The van der Waals surface area contributed by atoms with Gasteiger partial charge in [-0.3, -0.25) is 9.59 Å². The maximum absolute atomic E-state index is 13.5. The van der Waals surface area contributed by atoms with E-state index in [0.717, 1.165) is 9.86 Å². The van der Waals surface area contributed by atoms with Crippen LogP contribution in [0.3, 0.4) is 0 Å². The quantitative estimate of drug-likeness (QED) is 0.205. The molecule has 10 heteroatoms. The standard InChI is InChI=1S/C31H20BrFN4O4/c32-21-11-12-27-20(14-21)15-28(41-27)30-36-26-10-2-1-9-25(26)31(39)37(30)34-17-19-5-3-8-24(13-19)40-18-29(38)35-23-7-4-6-22(33)16-23/h1-17H,18H2,(H,35,38). The Hall–Kier alpha value is -5.09. The van der Waals surface area contributed by atoms with Crippen molar-refractivity contribution in [3.63, 3.8) is 0 Å². The average molecular weight is 611 g/mol. The SMILES string of the molecule is O=C(COc1cccc(C=Nn2c(-c3cc4cc(Br)ccc4o3)nc3ccccc3c2=O)c1)Nc1cccc(F)c1. The third kappa shape index (κ3) is 5.78. The third-order valence-electron chi connectivity index (χ3n) is 6.11. The summed E-state index contributed by atoms with van der Waals surface area (Å²) in [6, 6.07) is 26.9. The number of anilines is 1. The van der Waals surface area contributed by atoms with Crippen LogP contribution < -0.4 is 15.6 Å². The zero-order valence-corrected chi connectivity index (χ0v) is 22.8. The number of furan rings is 1. The summed E-state index contributed by atoms with van der Waals surface area (Å²) in [4.78, 5) is 30.4. The van der Waals surface area contributed by atoms with Gasteiger partial charge in [0.1, 0.15) is 17.1 Å². The Morgan fingerprint density at radius 2 is 1.88 bits per heavy atom. The highest BCUT2D eigenvalue weighted by Gasteiger charge is 2.16. The van der Waals surface area contributed by atoms with Gasteiger partial charge in [-0.25, -0.2) is 9.37 Å². The summed E-state index contributed by atoms with van der Waals surface area (Å²) < 4.78 is 27.1. The van der Waals surface area contributed by atoms with E-state index in [1.807, 2.05) is 30.3 Å². The highest BCUT2D eigenvalue weighted by molar-refractivity contribution is 9.10. The van der Waals surface area contributed by atoms with Gasteiger partial charge in [-0.05, 0) is 72.3 Å². The highest BCUT2D eigenvalue weighted by atomic mass is 79.9. The topological polar surface area (TPSA) is 98.7 Å². The molecule has 0 saturated carbocycles.